The van der Waals surface area contributed by atoms with E-state index in [0.29, 0.717) is 6.54 Å². The van der Waals surface area contributed by atoms with Gasteiger partial charge in [0.2, 0.25) is 5.91 Å². The van der Waals surface area contributed by atoms with E-state index in [2.05, 4.69) is 22.4 Å². The third-order valence-electron chi connectivity index (χ3n) is 4.65. The van der Waals surface area contributed by atoms with Gasteiger partial charge in [-0.1, -0.05) is 30.3 Å². The number of anilines is 1. The molecule has 1 amide bonds. The Labute approximate surface area is 157 Å². The summed E-state index contributed by atoms with van der Waals surface area (Å²) < 4.78 is 5.67. The summed E-state index contributed by atoms with van der Waals surface area (Å²) in [6, 6.07) is 16.0. The number of amides is 1. The van der Waals surface area contributed by atoms with Crippen molar-refractivity contribution in [2.75, 3.05) is 19.0 Å². The van der Waals surface area contributed by atoms with Crippen molar-refractivity contribution in [2.45, 2.75) is 13.0 Å². The van der Waals surface area contributed by atoms with Gasteiger partial charge in [0.1, 0.15) is 11.4 Å². The fraction of sp³-hybridized carbons (Fsp3) is 0.182. The molecule has 0 unspecified atom stereocenters. The van der Waals surface area contributed by atoms with Crippen molar-refractivity contribution in [2.24, 2.45) is 0 Å². The molecule has 2 heterocycles. The standard InChI is InChI=1S/C22H21N3O2/c1-25(2)20-11-15(9-10-23-20)13-24-21(26)12-17-14-27-19-8-7-16-5-3-4-6-18(16)22(17)19/h3-11,14H,12-13H2,1-2H3,(H,24,26). The van der Waals surface area contributed by atoms with Crippen LogP contribution >= 0.6 is 0 Å². The molecule has 4 aromatic rings. The number of carbonyl (C=O) groups is 1. The summed E-state index contributed by atoms with van der Waals surface area (Å²) in [5, 5.41) is 6.25. The van der Waals surface area contributed by atoms with E-state index in [9.17, 15) is 4.79 Å². The molecule has 2 aromatic heterocycles. The molecule has 0 aliphatic heterocycles. The number of fused-ring (bicyclic) bond motifs is 3. The number of carbonyl (C=O) groups excluding carboxylic acids is 1. The highest BCUT2D eigenvalue weighted by atomic mass is 16.3. The molecule has 0 saturated carbocycles. The third kappa shape index (κ3) is 3.49. The maximum absolute atomic E-state index is 12.5. The van der Waals surface area contributed by atoms with Crippen LogP contribution in [0.2, 0.25) is 0 Å². The van der Waals surface area contributed by atoms with Crippen LogP contribution in [0, 0.1) is 0 Å². The van der Waals surface area contributed by atoms with E-state index in [1.807, 2.05) is 55.4 Å². The number of aromatic nitrogens is 1. The molecule has 5 heteroatoms. The van der Waals surface area contributed by atoms with Crippen molar-refractivity contribution in [1.82, 2.24) is 10.3 Å². The highest BCUT2D eigenvalue weighted by Crippen LogP contribution is 2.30. The van der Waals surface area contributed by atoms with Crippen molar-refractivity contribution in [1.29, 1.82) is 0 Å². The largest absolute Gasteiger partial charge is 0.464 e. The van der Waals surface area contributed by atoms with E-state index < -0.39 is 0 Å². The second kappa shape index (κ2) is 7.11. The van der Waals surface area contributed by atoms with Gasteiger partial charge in [-0.05, 0) is 34.5 Å². The first-order valence-corrected chi connectivity index (χ1v) is 8.88. The highest BCUT2D eigenvalue weighted by molar-refractivity contribution is 6.08. The second-order valence-corrected chi connectivity index (χ2v) is 6.79. The van der Waals surface area contributed by atoms with Crippen LogP contribution in [0.1, 0.15) is 11.1 Å². The molecule has 0 aliphatic rings. The maximum Gasteiger partial charge on any atom is 0.224 e. The number of nitrogens with one attached hydrogen (secondary N) is 1. The lowest BCUT2D eigenvalue weighted by Crippen LogP contribution is -2.24. The normalized spacial score (nSPS) is 11.0. The van der Waals surface area contributed by atoms with Gasteiger partial charge in [0.25, 0.3) is 0 Å². The minimum Gasteiger partial charge on any atom is -0.464 e. The van der Waals surface area contributed by atoms with Crippen LogP contribution in [0.4, 0.5) is 5.82 Å². The van der Waals surface area contributed by atoms with Crippen LogP contribution in [0.15, 0.2) is 65.4 Å². The second-order valence-electron chi connectivity index (χ2n) is 6.79. The molecule has 0 spiro atoms. The quantitative estimate of drug-likeness (QED) is 0.587. The van der Waals surface area contributed by atoms with Crippen LogP contribution < -0.4 is 10.2 Å². The van der Waals surface area contributed by atoms with Crippen molar-refractivity contribution in [3.8, 4) is 0 Å². The Kier molecular flexibility index (Phi) is 4.50. The van der Waals surface area contributed by atoms with E-state index in [1.54, 1.807) is 12.5 Å². The Balaban J connectivity index is 1.52. The van der Waals surface area contributed by atoms with Gasteiger partial charge in [-0.3, -0.25) is 4.79 Å². The van der Waals surface area contributed by atoms with Crippen LogP contribution in [-0.2, 0) is 17.8 Å². The molecule has 27 heavy (non-hydrogen) atoms. The van der Waals surface area contributed by atoms with E-state index in [-0.39, 0.29) is 12.3 Å². The van der Waals surface area contributed by atoms with Crippen LogP contribution in [0.5, 0.6) is 0 Å². The summed E-state index contributed by atoms with van der Waals surface area (Å²) in [5.41, 5.74) is 2.73. The molecule has 4 rings (SSSR count). The minimum atomic E-state index is -0.0335. The van der Waals surface area contributed by atoms with Gasteiger partial charge < -0.3 is 14.6 Å². The SMILES string of the molecule is CN(C)c1cc(CNC(=O)Cc2coc3ccc4ccccc4c23)ccn1. The molecule has 0 saturated heterocycles. The number of hydrogen-bond donors (Lipinski definition) is 1. The zero-order chi connectivity index (χ0) is 18.8. The van der Waals surface area contributed by atoms with Crippen molar-refractivity contribution < 1.29 is 9.21 Å². The molecule has 136 valence electrons. The number of pyridine rings is 1. The molecule has 0 radical (unpaired) electrons. The van der Waals surface area contributed by atoms with Crippen molar-refractivity contribution >= 4 is 33.5 Å². The Morgan fingerprint density at radius 2 is 2.00 bits per heavy atom. The smallest absolute Gasteiger partial charge is 0.224 e. The number of nitrogens with zero attached hydrogens (tertiary/aromatic N) is 2. The van der Waals surface area contributed by atoms with Crippen LogP contribution in [-0.4, -0.2) is 25.0 Å². The Morgan fingerprint density at radius 3 is 2.85 bits per heavy atom. The Bertz CT molecular complexity index is 1110. The molecule has 0 aliphatic carbocycles. The van der Waals surface area contributed by atoms with E-state index in [1.165, 1.54) is 0 Å². The van der Waals surface area contributed by atoms with E-state index >= 15 is 0 Å². The summed E-state index contributed by atoms with van der Waals surface area (Å²) >= 11 is 0. The minimum absolute atomic E-state index is 0.0335. The third-order valence-corrected chi connectivity index (χ3v) is 4.65. The summed E-state index contributed by atoms with van der Waals surface area (Å²) in [6.45, 7) is 0.471. The first-order chi connectivity index (χ1) is 13.1. The first-order valence-electron chi connectivity index (χ1n) is 8.88. The lowest BCUT2D eigenvalue weighted by atomic mass is 10.0. The molecule has 5 nitrogen and oxygen atoms in total. The zero-order valence-corrected chi connectivity index (χ0v) is 15.4. The average molecular weight is 359 g/mol. The van der Waals surface area contributed by atoms with Crippen molar-refractivity contribution in [3.63, 3.8) is 0 Å². The highest BCUT2D eigenvalue weighted by Gasteiger charge is 2.13. The van der Waals surface area contributed by atoms with E-state index in [0.717, 1.165) is 38.7 Å². The summed E-state index contributed by atoms with van der Waals surface area (Å²) in [7, 11) is 3.89. The predicted molar refractivity (Wildman–Crippen MR) is 108 cm³/mol. The Hall–Kier alpha value is -3.34. The molecule has 1 N–H and O–H groups in total. The van der Waals surface area contributed by atoms with Crippen molar-refractivity contribution in [3.05, 3.63) is 72.1 Å². The van der Waals surface area contributed by atoms with E-state index in [4.69, 9.17) is 4.42 Å². The first kappa shape index (κ1) is 17.1. The molecule has 0 atom stereocenters. The monoisotopic (exact) mass is 359 g/mol. The molecule has 2 aromatic carbocycles. The number of furan rings is 1. The average Bonchev–Trinajstić information content (AvgIpc) is 3.10. The number of hydrogen-bond acceptors (Lipinski definition) is 4. The summed E-state index contributed by atoms with van der Waals surface area (Å²) in [6.07, 6.45) is 3.73. The van der Waals surface area contributed by atoms with Gasteiger partial charge in [0.05, 0.1) is 12.7 Å². The van der Waals surface area contributed by atoms with Crippen LogP contribution in [0.3, 0.4) is 0 Å². The molecule has 0 bridgehead atoms. The topological polar surface area (TPSA) is 58.4 Å². The fourth-order valence-corrected chi connectivity index (χ4v) is 3.26. The van der Waals surface area contributed by atoms with Gasteiger partial charge in [-0.2, -0.15) is 0 Å². The van der Waals surface area contributed by atoms with Gasteiger partial charge in [0, 0.05) is 37.8 Å². The fourth-order valence-electron chi connectivity index (χ4n) is 3.26. The number of rotatable bonds is 5. The summed E-state index contributed by atoms with van der Waals surface area (Å²) in [4.78, 5) is 18.7. The van der Waals surface area contributed by atoms with Gasteiger partial charge >= 0.3 is 0 Å². The lowest BCUT2D eigenvalue weighted by molar-refractivity contribution is -0.120. The molecular weight excluding hydrogens is 338 g/mol. The van der Waals surface area contributed by atoms with Crippen LogP contribution in [0.25, 0.3) is 21.7 Å². The predicted octanol–water partition coefficient (Wildman–Crippen LogP) is 3.91. The summed E-state index contributed by atoms with van der Waals surface area (Å²) in [5.74, 6) is 0.836. The van der Waals surface area contributed by atoms with Gasteiger partial charge in [-0.15, -0.1) is 0 Å². The zero-order valence-electron chi connectivity index (χ0n) is 15.4. The molecular formula is C22H21N3O2. The Morgan fingerprint density at radius 1 is 1.15 bits per heavy atom. The molecule has 0 fully saturated rings. The maximum atomic E-state index is 12.5. The van der Waals surface area contributed by atoms with Gasteiger partial charge in [-0.25, -0.2) is 4.98 Å². The lowest BCUT2D eigenvalue weighted by Gasteiger charge is -2.12. The van der Waals surface area contributed by atoms with Gasteiger partial charge in [0.15, 0.2) is 0 Å². The number of benzene rings is 2.